The van der Waals surface area contributed by atoms with E-state index in [1.807, 2.05) is 0 Å². The van der Waals surface area contributed by atoms with Crippen molar-refractivity contribution in [2.45, 2.75) is 0 Å². The van der Waals surface area contributed by atoms with Gasteiger partial charge in [0.05, 0.1) is 0 Å². The van der Waals surface area contributed by atoms with E-state index >= 15 is 0 Å². The normalized spacial score (nSPS) is 10.5. The van der Waals surface area contributed by atoms with Gasteiger partial charge in [0.1, 0.15) is 11.6 Å². The van der Waals surface area contributed by atoms with Crippen LogP contribution in [-0.4, -0.2) is 0 Å². The van der Waals surface area contributed by atoms with Crippen LogP contribution in [0.5, 0.6) is 0 Å². The zero-order chi connectivity index (χ0) is 11.7. The topological polar surface area (TPSA) is 0 Å². The molecule has 0 spiro atoms. The van der Waals surface area contributed by atoms with Crippen molar-refractivity contribution in [2.75, 3.05) is 0 Å². The highest BCUT2D eigenvalue weighted by Crippen LogP contribution is 2.31. The highest BCUT2D eigenvalue weighted by atomic mass is 35.5. The number of benzene rings is 2. The Morgan fingerprint density at radius 3 is 2.06 bits per heavy atom. The highest BCUT2D eigenvalue weighted by Gasteiger charge is 2.07. The second kappa shape index (κ2) is 4.40. The first-order valence-corrected chi connectivity index (χ1v) is 5.23. The van der Waals surface area contributed by atoms with Crippen LogP contribution in [0.3, 0.4) is 0 Å². The van der Waals surface area contributed by atoms with Crippen molar-refractivity contribution in [3.63, 3.8) is 0 Å². The minimum Gasteiger partial charge on any atom is -0.207 e. The SMILES string of the molecule is Fc1cc(F)cc(-c2cc(Cl)ccc2Cl)c1. The lowest BCUT2D eigenvalue weighted by Crippen LogP contribution is -1.85. The van der Waals surface area contributed by atoms with Gasteiger partial charge in [-0.1, -0.05) is 23.2 Å². The van der Waals surface area contributed by atoms with Crippen LogP contribution in [0.25, 0.3) is 11.1 Å². The third-order valence-corrected chi connectivity index (χ3v) is 2.67. The van der Waals surface area contributed by atoms with Gasteiger partial charge < -0.3 is 0 Å². The van der Waals surface area contributed by atoms with Gasteiger partial charge in [-0.3, -0.25) is 0 Å². The molecule has 0 aromatic heterocycles. The molecule has 0 aliphatic carbocycles. The molecule has 0 aliphatic rings. The maximum Gasteiger partial charge on any atom is 0.126 e. The van der Waals surface area contributed by atoms with Crippen LogP contribution in [0, 0.1) is 11.6 Å². The summed E-state index contributed by atoms with van der Waals surface area (Å²) >= 11 is 11.7. The number of rotatable bonds is 1. The monoisotopic (exact) mass is 258 g/mol. The molecule has 0 heterocycles. The van der Waals surface area contributed by atoms with Crippen molar-refractivity contribution in [3.8, 4) is 11.1 Å². The van der Waals surface area contributed by atoms with Gasteiger partial charge in [0.25, 0.3) is 0 Å². The minimum absolute atomic E-state index is 0.366. The third kappa shape index (κ3) is 2.34. The van der Waals surface area contributed by atoms with Crippen LogP contribution in [0.4, 0.5) is 8.78 Å². The summed E-state index contributed by atoms with van der Waals surface area (Å²) in [5.41, 5.74) is 0.873. The summed E-state index contributed by atoms with van der Waals surface area (Å²) in [6.07, 6.45) is 0. The number of hydrogen-bond donors (Lipinski definition) is 0. The maximum atomic E-state index is 13.0. The molecule has 0 N–H and O–H groups in total. The molecule has 0 radical (unpaired) electrons. The zero-order valence-electron chi connectivity index (χ0n) is 7.98. The summed E-state index contributed by atoms with van der Waals surface area (Å²) < 4.78 is 26.1. The molecular weight excluding hydrogens is 253 g/mol. The first kappa shape index (κ1) is 11.4. The number of halogens is 4. The predicted octanol–water partition coefficient (Wildman–Crippen LogP) is 4.94. The molecule has 0 amide bonds. The van der Waals surface area contributed by atoms with Crippen LogP contribution >= 0.6 is 23.2 Å². The van der Waals surface area contributed by atoms with Crippen molar-refractivity contribution in [1.29, 1.82) is 0 Å². The van der Waals surface area contributed by atoms with Crippen molar-refractivity contribution in [2.24, 2.45) is 0 Å². The lowest BCUT2D eigenvalue weighted by atomic mass is 10.1. The molecular formula is C12H6Cl2F2. The molecule has 0 nitrogen and oxygen atoms in total. The fourth-order valence-corrected chi connectivity index (χ4v) is 1.83. The average molecular weight is 259 g/mol. The van der Waals surface area contributed by atoms with Crippen molar-refractivity contribution in [3.05, 3.63) is 58.1 Å². The van der Waals surface area contributed by atoms with Gasteiger partial charge in [-0.25, -0.2) is 8.78 Å². The molecule has 0 fully saturated rings. The summed E-state index contributed by atoms with van der Waals surface area (Å²) in [6.45, 7) is 0. The van der Waals surface area contributed by atoms with E-state index in [0.717, 1.165) is 6.07 Å². The van der Waals surface area contributed by atoms with E-state index in [9.17, 15) is 8.78 Å². The summed E-state index contributed by atoms with van der Waals surface area (Å²) in [5, 5.41) is 0.860. The van der Waals surface area contributed by atoms with Crippen LogP contribution in [0.2, 0.25) is 10.0 Å². The highest BCUT2D eigenvalue weighted by molar-refractivity contribution is 6.35. The Hall–Kier alpha value is -1.12. The smallest absolute Gasteiger partial charge is 0.126 e. The summed E-state index contributed by atoms with van der Waals surface area (Å²) in [7, 11) is 0. The van der Waals surface area contributed by atoms with E-state index in [-0.39, 0.29) is 0 Å². The molecule has 82 valence electrons. The maximum absolute atomic E-state index is 13.0. The van der Waals surface area contributed by atoms with Gasteiger partial charge in [-0.05, 0) is 35.9 Å². The minimum atomic E-state index is -0.647. The van der Waals surface area contributed by atoms with Crippen molar-refractivity contribution >= 4 is 23.2 Å². The molecule has 2 rings (SSSR count). The average Bonchev–Trinajstić information content (AvgIpc) is 2.20. The Bertz CT molecular complexity index is 518. The van der Waals surface area contributed by atoms with Gasteiger partial charge in [0.2, 0.25) is 0 Å². The first-order valence-electron chi connectivity index (χ1n) is 4.48. The summed E-state index contributed by atoms with van der Waals surface area (Å²) in [5.74, 6) is -1.29. The Morgan fingerprint density at radius 1 is 0.812 bits per heavy atom. The fraction of sp³-hybridized carbons (Fsp3) is 0. The van der Waals surface area contributed by atoms with Crippen LogP contribution in [0.15, 0.2) is 36.4 Å². The molecule has 0 saturated heterocycles. The van der Waals surface area contributed by atoms with Gasteiger partial charge in [-0.2, -0.15) is 0 Å². The number of hydrogen-bond acceptors (Lipinski definition) is 0. The molecule has 2 aromatic rings. The van der Waals surface area contributed by atoms with Crippen LogP contribution in [0.1, 0.15) is 0 Å². The van der Waals surface area contributed by atoms with E-state index < -0.39 is 11.6 Å². The van der Waals surface area contributed by atoms with Crippen LogP contribution < -0.4 is 0 Å². The van der Waals surface area contributed by atoms with E-state index in [0.29, 0.717) is 21.2 Å². The molecule has 4 heteroatoms. The predicted molar refractivity (Wildman–Crippen MR) is 61.8 cm³/mol. The molecule has 0 aliphatic heterocycles. The quantitative estimate of drug-likeness (QED) is 0.680. The van der Waals surface area contributed by atoms with E-state index in [1.54, 1.807) is 18.2 Å². The zero-order valence-corrected chi connectivity index (χ0v) is 9.49. The Labute approximate surface area is 101 Å². The Morgan fingerprint density at radius 2 is 1.44 bits per heavy atom. The van der Waals surface area contributed by atoms with E-state index in [2.05, 4.69) is 0 Å². The second-order valence-electron chi connectivity index (χ2n) is 3.28. The van der Waals surface area contributed by atoms with Crippen molar-refractivity contribution in [1.82, 2.24) is 0 Å². The lowest BCUT2D eigenvalue weighted by molar-refractivity contribution is 0.584. The molecule has 0 saturated carbocycles. The van der Waals surface area contributed by atoms with Gasteiger partial charge in [0.15, 0.2) is 0 Å². The van der Waals surface area contributed by atoms with Crippen molar-refractivity contribution < 1.29 is 8.78 Å². The summed E-state index contributed by atoms with van der Waals surface area (Å²) in [6, 6.07) is 7.99. The van der Waals surface area contributed by atoms with Gasteiger partial charge >= 0.3 is 0 Å². The Kier molecular flexibility index (Phi) is 3.13. The molecule has 0 atom stereocenters. The molecule has 0 bridgehead atoms. The fourth-order valence-electron chi connectivity index (χ4n) is 1.43. The van der Waals surface area contributed by atoms with E-state index in [4.69, 9.17) is 23.2 Å². The third-order valence-electron chi connectivity index (χ3n) is 2.10. The molecule has 0 unspecified atom stereocenters. The Balaban J connectivity index is 2.62. The van der Waals surface area contributed by atoms with Gasteiger partial charge in [-0.15, -0.1) is 0 Å². The van der Waals surface area contributed by atoms with E-state index in [1.165, 1.54) is 12.1 Å². The molecule has 2 aromatic carbocycles. The summed E-state index contributed by atoms with van der Waals surface area (Å²) in [4.78, 5) is 0. The standard InChI is InChI=1S/C12H6Cl2F2/c13-8-1-2-12(14)11(5-8)7-3-9(15)6-10(16)4-7/h1-6H. The van der Waals surface area contributed by atoms with Crippen LogP contribution in [-0.2, 0) is 0 Å². The van der Waals surface area contributed by atoms with Gasteiger partial charge in [0, 0.05) is 21.7 Å². The second-order valence-corrected chi connectivity index (χ2v) is 4.13. The first-order chi connectivity index (χ1) is 7.56. The molecule has 16 heavy (non-hydrogen) atoms. The largest absolute Gasteiger partial charge is 0.207 e. The lowest BCUT2D eigenvalue weighted by Gasteiger charge is -2.05.